The summed E-state index contributed by atoms with van der Waals surface area (Å²) < 4.78 is 5.12. The molecule has 0 aliphatic heterocycles. The minimum Gasteiger partial charge on any atom is -0.382 e. The lowest BCUT2D eigenvalue weighted by Crippen LogP contribution is -2.18. The van der Waals surface area contributed by atoms with E-state index >= 15 is 0 Å². The minimum atomic E-state index is 0.230. The summed E-state index contributed by atoms with van der Waals surface area (Å²) in [6, 6.07) is 3.97. The van der Waals surface area contributed by atoms with Crippen molar-refractivity contribution in [3.63, 3.8) is 0 Å². The highest BCUT2D eigenvalue weighted by Crippen LogP contribution is 2.06. The molecule has 0 bridgehead atoms. The number of anilines is 1. The quantitative estimate of drug-likeness (QED) is 0.767. The van der Waals surface area contributed by atoms with E-state index in [1.165, 1.54) is 0 Å². The van der Waals surface area contributed by atoms with E-state index in [1.54, 1.807) is 13.3 Å². The van der Waals surface area contributed by atoms with Crippen molar-refractivity contribution in [2.75, 3.05) is 19.0 Å². The van der Waals surface area contributed by atoms with Gasteiger partial charge in [-0.15, -0.1) is 0 Å². The van der Waals surface area contributed by atoms with Gasteiger partial charge in [0, 0.05) is 31.2 Å². The van der Waals surface area contributed by atoms with Crippen LogP contribution in [0.1, 0.15) is 12.6 Å². The van der Waals surface area contributed by atoms with Crippen molar-refractivity contribution in [2.24, 2.45) is 0 Å². The molecule has 1 unspecified atom stereocenters. The molecule has 0 radical (unpaired) electrons. The lowest BCUT2D eigenvalue weighted by atomic mass is 10.3. The van der Waals surface area contributed by atoms with Crippen molar-refractivity contribution < 1.29 is 4.74 Å². The van der Waals surface area contributed by atoms with Crippen molar-refractivity contribution in [1.82, 2.24) is 4.98 Å². The average Bonchev–Trinajstić information content (AvgIpc) is 2.14. The molecule has 3 heteroatoms. The molecule has 13 heavy (non-hydrogen) atoms. The number of pyridine rings is 1. The Bertz CT molecular complexity index is 263. The zero-order valence-corrected chi connectivity index (χ0v) is 8.37. The van der Waals surface area contributed by atoms with Crippen molar-refractivity contribution >= 4 is 5.69 Å². The summed E-state index contributed by atoms with van der Waals surface area (Å²) in [6.07, 6.45) is 2.03. The second kappa shape index (κ2) is 4.82. The lowest BCUT2D eigenvalue weighted by molar-refractivity contribution is 0.129. The van der Waals surface area contributed by atoms with Crippen LogP contribution in [0.5, 0.6) is 0 Å². The number of aromatic nitrogens is 1. The van der Waals surface area contributed by atoms with E-state index in [9.17, 15) is 0 Å². The van der Waals surface area contributed by atoms with Gasteiger partial charge in [0.25, 0.3) is 0 Å². The predicted octanol–water partition coefficient (Wildman–Crippen LogP) is 1.84. The zero-order chi connectivity index (χ0) is 9.68. The maximum absolute atomic E-state index is 5.12. The molecule has 0 saturated carbocycles. The van der Waals surface area contributed by atoms with E-state index in [-0.39, 0.29) is 6.10 Å². The smallest absolute Gasteiger partial charge is 0.0715 e. The fourth-order valence-electron chi connectivity index (χ4n) is 1.00. The summed E-state index contributed by atoms with van der Waals surface area (Å²) in [6.45, 7) is 4.83. The maximum atomic E-state index is 5.12. The van der Waals surface area contributed by atoms with Crippen LogP contribution in [0.25, 0.3) is 0 Å². The normalized spacial score (nSPS) is 12.5. The number of ether oxygens (including phenoxy) is 1. The molecule has 1 aromatic heterocycles. The Morgan fingerprint density at radius 3 is 3.00 bits per heavy atom. The molecule has 1 heterocycles. The van der Waals surface area contributed by atoms with Gasteiger partial charge in [-0.05, 0) is 26.0 Å². The molecule has 0 spiro atoms. The second-order valence-corrected chi connectivity index (χ2v) is 3.11. The summed E-state index contributed by atoms with van der Waals surface area (Å²) in [7, 11) is 1.71. The van der Waals surface area contributed by atoms with E-state index in [0.717, 1.165) is 17.9 Å². The van der Waals surface area contributed by atoms with Crippen LogP contribution in [-0.4, -0.2) is 24.7 Å². The van der Waals surface area contributed by atoms with Crippen molar-refractivity contribution in [2.45, 2.75) is 20.0 Å². The van der Waals surface area contributed by atoms with Gasteiger partial charge in [-0.25, -0.2) is 0 Å². The van der Waals surface area contributed by atoms with Crippen LogP contribution in [0.3, 0.4) is 0 Å². The predicted molar refractivity (Wildman–Crippen MR) is 53.9 cm³/mol. The Balaban J connectivity index is 2.45. The number of rotatable bonds is 4. The molecule has 1 aromatic rings. The molecule has 0 aromatic carbocycles. The summed E-state index contributed by atoms with van der Waals surface area (Å²) in [5.41, 5.74) is 2.12. The topological polar surface area (TPSA) is 34.1 Å². The van der Waals surface area contributed by atoms with Crippen LogP contribution in [-0.2, 0) is 4.74 Å². The fraction of sp³-hybridized carbons (Fsp3) is 0.500. The van der Waals surface area contributed by atoms with Gasteiger partial charge >= 0.3 is 0 Å². The van der Waals surface area contributed by atoms with Gasteiger partial charge in [0.1, 0.15) is 0 Å². The van der Waals surface area contributed by atoms with Gasteiger partial charge in [0.2, 0.25) is 0 Å². The van der Waals surface area contributed by atoms with Crippen molar-refractivity contribution in [3.8, 4) is 0 Å². The maximum Gasteiger partial charge on any atom is 0.0715 e. The second-order valence-electron chi connectivity index (χ2n) is 3.11. The summed E-state index contributed by atoms with van der Waals surface area (Å²) >= 11 is 0. The molecule has 3 nitrogen and oxygen atoms in total. The van der Waals surface area contributed by atoms with Crippen LogP contribution >= 0.6 is 0 Å². The number of nitrogens with one attached hydrogen (secondary N) is 1. The highest BCUT2D eigenvalue weighted by Gasteiger charge is 1.98. The third kappa shape index (κ3) is 3.42. The molecule has 1 atom stereocenters. The van der Waals surface area contributed by atoms with Crippen LogP contribution in [0.15, 0.2) is 18.3 Å². The summed E-state index contributed by atoms with van der Waals surface area (Å²) in [5.74, 6) is 0. The van der Waals surface area contributed by atoms with Gasteiger partial charge in [0.05, 0.1) is 6.10 Å². The van der Waals surface area contributed by atoms with Gasteiger partial charge < -0.3 is 10.1 Å². The molecule has 0 aliphatic rings. The van der Waals surface area contributed by atoms with Gasteiger partial charge in [-0.1, -0.05) is 0 Å². The number of methoxy groups -OCH3 is 1. The third-order valence-electron chi connectivity index (χ3n) is 1.89. The molecular formula is C10H16N2O. The molecule has 0 aliphatic carbocycles. The van der Waals surface area contributed by atoms with E-state index in [0.29, 0.717) is 0 Å². The number of nitrogens with zero attached hydrogens (tertiary/aromatic N) is 1. The van der Waals surface area contributed by atoms with E-state index < -0.39 is 0 Å². The molecule has 0 fully saturated rings. The Kier molecular flexibility index (Phi) is 3.71. The first-order valence-corrected chi connectivity index (χ1v) is 4.41. The molecule has 0 amide bonds. The standard InChI is InChI=1S/C10H16N2O/c1-8-6-10(4-5-11-8)12-7-9(2)13-3/h4-6,9H,7H2,1-3H3,(H,11,12). The van der Waals surface area contributed by atoms with Gasteiger partial charge in [-0.3, -0.25) is 4.98 Å². The zero-order valence-electron chi connectivity index (χ0n) is 8.37. The van der Waals surface area contributed by atoms with E-state index in [2.05, 4.69) is 10.3 Å². The molecule has 0 saturated heterocycles. The first-order chi connectivity index (χ1) is 6.22. The average molecular weight is 180 g/mol. The van der Waals surface area contributed by atoms with E-state index in [1.807, 2.05) is 26.0 Å². The highest BCUT2D eigenvalue weighted by atomic mass is 16.5. The first kappa shape index (κ1) is 9.99. The number of aryl methyl sites for hydroxylation is 1. The van der Waals surface area contributed by atoms with Crippen molar-refractivity contribution in [3.05, 3.63) is 24.0 Å². The highest BCUT2D eigenvalue weighted by molar-refractivity contribution is 5.42. The Labute approximate surface area is 79.1 Å². The Morgan fingerprint density at radius 1 is 1.62 bits per heavy atom. The van der Waals surface area contributed by atoms with Crippen LogP contribution < -0.4 is 5.32 Å². The Hall–Kier alpha value is -1.09. The monoisotopic (exact) mass is 180 g/mol. The van der Waals surface area contributed by atoms with Crippen LogP contribution in [0.4, 0.5) is 5.69 Å². The van der Waals surface area contributed by atoms with E-state index in [4.69, 9.17) is 4.74 Å². The summed E-state index contributed by atoms with van der Waals surface area (Å²) in [4.78, 5) is 4.12. The molecule has 1 rings (SSSR count). The van der Waals surface area contributed by atoms with Gasteiger partial charge in [0.15, 0.2) is 0 Å². The summed E-state index contributed by atoms with van der Waals surface area (Å²) in [5, 5.41) is 3.27. The lowest BCUT2D eigenvalue weighted by Gasteiger charge is -2.11. The Morgan fingerprint density at radius 2 is 2.38 bits per heavy atom. The molecule has 72 valence electrons. The number of hydrogen-bond donors (Lipinski definition) is 1. The number of hydrogen-bond acceptors (Lipinski definition) is 3. The largest absolute Gasteiger partial charge is 0.382 e. The minimum absolute atomic E-state index is 0.230. The first-order valence-electron chi connectivity index (χ1n) is 4.41. The van der Waals surface area contributed by atoms with Crippen LogP contribution in [0.2, 0.25) is 0 Å². The van der Waals surface area contributed by atoms with Crippen LogP contribution in [0, 0.1) is 6.92 Å². The van der Waals surface area contributed by atoms with Gasteiger partial charge in [-0.2, -0.15) is 0 Å². The molecular weight excluding hydrogens is 164 g/mol. The fourth-order valence-corrected chi connectivity index (χ4v) is 1.00. The SMILES string of the molecule is COC(C)CNc1ccnc(C)c1. The third-order valence-corrected chi connectivity index (χ3v) is 1.89. The molecule has 1 N–H and O–H groups in total. The van der Waals surface area contributed by atoms with Crippen molar-refractivity contribution in [1.29, 1.82) is 0 Å².